The van der Waals surface area contributed by atoms with Crippen molar-refractivity contribution in [3.8, 4) is 17.1 Å². The lowest BCUT2D eigenvalue weighted by Gasteiger charge is -2.07. The molecule has 2 rings (SSSR count). The molecule has 0 aliphatic carbocycles. The summed E-state index contributed by atoms with van der Waals surface area (Å²) in [7, 11) is 2.92. The average Bonchev–Trinajstić information content (AvgIpc) is 2.90. The summed E-state index contributed by atoms with van der Waals surface area (Å²) in [5.41, 5.74) is 1.18. The van der Waals surface area contributed by atoms with Gasteiger partial charge in [0.25, 0.3) is 0 Å². The number of furan rings is 1. The van der Waals surface area contributed by atoms with E-state index in [0.717, 1.165) is 5.56 Å². The van der Waals surface area contributed by atoms with E-state index in [2.05, 4.69) is 4.74 Å². The summed E-state index contributed by atoms with van der Waals surface area (Å²) in [5.74, 6) is 0.903. The third-order valence-corrected chi connectivity index (χ3v) is 2.41. The summed E-state index contributed by atoms with van der Waals surface area (Å²) < 4.78 is 15.2. The second-order valence-corrected chi connectivity index (χ2v) is 3.38. The van der Waals surface area contributed by atoms with E-state index in [0.29, 0.717) is 17.1 Å². The van der Waals surface area contributed by atoms with Gasteiger partial charge < -0.3 is 13.9 Å². The fraction of sp³-hybridized carbons (Fsp3) is 0.154. The maximum Gasteiger partial charge on any atom is 0.337 e. The molecule has 2 aromatic rings. The van der Waals surface area contributed by atoms with Crippen LogP contribution in [0.3, 0.4) is 0 Å². The van der Waals surface area contributed by atoms with Gasteiger partial charge in [-0.05, 0) is 30.3 Å². The van der Waals surface area contributed by atoms with E-state index in [4.69, 9.17) is 9.15 Å². The van der Waals surface area contributed by atoms with Crippen LogP contribution in [-0.4, -0.2) is 20.2 Å². The third-order valence-electron chi connectivity index (χ3n) is 2.41. The smallest absolute Gasteiger partial charge is 0.337 e. The number of carbonyl (C=O) groups is 1. The number of ether oxygens (including phenoxy) is 2. The fourth-order valence-corrected chi connectivity index (χ4v) is 1.58. The van der Waals surface area contributed by atoms with Crippen LogP contribution in [0.15, 0.2) is 41.0 Å². The van der Waals surface area contributed by atoms with Crippen LogP contribution in [0.4, 0.5) is 0 Å². The molecule has 0 bridgehead atoms. The summed E-state index contributed by atoms with van der Waals surface area (Å²) in [6.45, 7) is 0. The van der Waals surface area contributed by atoms with E-state index in [-0.39, 0.29) is 5.97 Å². The lowest BCUT2D eigenvalue weighted by molar-refractivity contribution is 0.0601. The van der Waals surface area contributed by atoms with Crippen molar-refractivity contribution < 1.29 is 18.7 Å². The van der Waals surface area contributed by atoms with Crippen molar-refractivity contribution in [2.75, 3.05) is 14.2 Å². The normalized spacial score (nSPS) is 10.0. The molecule has 0 fully saturated rings. The highest BCUT2D eigenvalue weighted by Gasteiger charge is 2.13. The van der Waals surface area contributed by atoms with Gasteiger partial charge in [0.2, 0.25) is 0 Å². The molecule has 88 valence electrons. The molecule has 0 saturated carbocycles. The zero-order valence-corrected chi connectivity index (χ0v) is 9.60. The monoisotopic (exact) mass is 232 g/mol. The minimum atomic E-state index is -0.388. The first-order chi connectivity index (χ1) is 8.26. The van der Waals surface area contributed by atoms with Crippen molar-refractivity contribution in [2.45, 2.75) is 0 Å². The Balaban J connectivity index is 2.51. The molecule has 1 aromatic carbocycles. The second-order valence-electron chi connectivity index (χ2n) is 3.38. The van der Waals surface area contributed by atoms with Crippen LogP contribution in [0, 0.1) is 0 Å². The molecule has 4 heteroatoms. The van der Waals surface area contributed by atoms with E-state index in [9.17, 15) is 4.79 Å². The van der Waals surface area contributed by atoms with Gasteiger partial charge in [0.05, 0.1) is 31.6 Å². The van der Waals surface area contributed by atoms with Crippen molar-refractivity contribution >= 4 is 5.97 Å². The van der Waals surface area contributed by atoms with Crippen LogP contribution in [0.5, 0.6) is 5.75 Å². The molecule has 0 amide bonds. The van der Waals surface area contributed by atoms with Crippen LogP contribution in [0.2, 0.25) is 0 Å². The van der Waals surface area contributed by atoms with E-state index in [1.807, 2.05) is 0 Å². The topological polar surface area (TPSA) is 48.7 Å². The average molecular weight is 232 g/mol. The number of hydrogen-bond donors (Lipinski definition) is 0. The SMILES string of the molecule is COC(=O)c1ccc(OC)c(-c2ccco2)c1. The first-order valence-corrected chi connectivity index (χ1v) is 5.06. The maximum atomic E-state index is 11.4. The van der Waals surface area contributed by atoms with Crippen molar-refractivity contribution in [2.24, 2.45) is 0 Å². The van der Waals surface area contributed by atoms with E-state index in [1.165, 1.54) is 7.11 Å². The molecular weight excluding hydrogens is 220 g/mol. The van der Waals surface area contributed by atoms with Gasteiger partial charge in [-0.15, -0.1) is 0 Å². The number of esters is 1. The molecule has 0 aliphatic heterocycles. The molecule has 0 saturated heterocycles. The first kappa shape index (κ1) is 11.3. The highest BCUT2D eigenvalue weighted by Crippen LogP contribution is 2.31. The number of methoxy groups -OCH3 is 2. The highest BCUT2D eigenvalue weighted by atomic mass is 16.5. The van der Waals surface area contributed by atoms with E-state index < -0.39 is 0 Å². The number of carbonyl (C=O) groups excluding carboxylic acids is 1. The van der Waals surface area contributed by atoms with E-state index >= 15 is 0 Å². The highest BCUT2D eigenvalue weighted by molar-refractivity contribution is 5.91. The molecule has 0 spiro atoms. The lowest BCUT2D eigenvalue weighted by atomic mass is 10.1. The zero-order chi connectivity index (χ0) is 12.3. The molecule has 0 radical (unpaired) electrons. The summed E-state index contributed by atoms with van der Waals surface area (Å²) >= 11 is 0. The van der Waals surface area contributed by atoms with E-state index in [1.54, 1.807) is 43.7 Å². The van der Waals surface area contributed by atoms with Gasteiger partial charge in [-0.25, -0.2) is 4.79 Å². The molecule has 0 unspecified atom stereocenters. The number of benzene rings is 1. The van der Waals surface area contributed by atoms with Crippen molar-refractivity contribution in [3.05, 3.63) is 42.2 Å². The van der Waals surface area contributed by atoms with Gasteiger partial charge in [0, 0.05) is 0 Å². The Morgan fingerprint density at radius 3 is 2.65 bits per heavy atom. The molecule has 1 heterocycles. The lowest BCUT2D eigenvalue weighted by Crippen LogP contribution is -2.01. The van der Waals surface area contributed by atoms with Gasteiger partial charge in [-0.2, -0.15) is 0 Å². The molecule has 4 nitrogen and oxygen atoms in total. The maximum absolute atomic E-state index is 11.4. The Bertz CT molecular complexity index is 514. The van der Waals surface area contributed by atoms with Crippen LogP contribution in [0.1, 0.15) is 10.4 Å². The Kier molecular flexibility index (Phi) is 3.14. The molecule has 1 aromatic heterocycles. The van der Waals surface area contributed by atoms with Crippen molar-refractivity contribution in [3.63, 3.8) is 0 Å². The van der Waals surface area contributed by atoms with Gasteiger partial charge in [0.1, 0.15) is 11.5 Å². The van der Waals surface area contributed by atoms with Gasteiger partial charge >= 0.3 is 5.97 Å². The van der Waals surface area contributed by atoms with Crippen LogP contribution in [-0.2, 0) is 4.74 Å². The fourth-order valence-electron chi connectivity index (χ4n) is 1.58. The number of hydrogen-bond acceptors (Lipinski definition) is 4. The van der Waals surface area contributed by atoms with Crippen LogP contribution < -0.4 is 4.74 Å². The summed E-state index contributed by atoms with van der Waals surface area (Å²) in [6, 6.07) is 8.63. The zero-order valence-electron chi connectivity index (χ0n) is 9.60. The summed E-state index contributed by atoms with van der Waals surface area (Å²) in [6.07, 6.45) is 1.57. The molecule has 0 atom stereocenters. The third kappa shape index (κ3) is 2.15. The minimum Gasteiger partial charge on any atom is -0.496 e. The first-order valence-electron chi connectivity index (χ1n) is 5.06. The molecule has 0 N–H and O–H groups in total. The van der Waals surface area contributed by atoms with Crippen LogP contribution in [0.25, 0.3) is 11.3 Å². The Labute approximate surface area is 98.8 Å². The summed E-state index contributed by atoms with van der Waals surface area (Å²) in [4.78, 5) is 11.4. The Morgan fingerprint density at radius 2 is 2.06 bits per heavy atom. The van der Waals surface area contributed by atoms with Gasteiger partial charge in [0.15, 0.2) is 0 Å². The molecule has 0 aliphatic rings. The second kappa shape index (κ2) is 4.74. The number of rotatable bonds is 3. The van der Waals surface area contributed by atoms with Gasteiger partial charge in [-0.3, -0.25) is 0 Å². The van der Waals surface area contributed by atoms with Crippen molar-refractivity contribution in [1.29, 1.82) is 0 Å². The predicted molar refractivity (Wildman–Crippen MR) is 62.0 cm³/mol. The predicted octanol–water partition coefficient (Wildman–Crippen LogP) is 2.74. The Hall–Kier alpha value is -2.23. The van der Waals surface area contributed by atoms with Gasteiger partial charge in [-0.1, -0.05) is 0 Å². The Morgan fingerprint density at radius 1 is 1.24 bits per heavy atom. The van der Waals surface area contributed by atoms with Crippen LogP contribution >= 0.6 is 0 Å². The largest absolute Gasteiger partial charge is 0.496 e. The quantitative estimate of drug-likeness (QED) is 0.763. The standard InChI is InChI=1S/C13H12O4/c1-15-11-6-5-9(13(14)16-2)8-10(11)12-4-3-7-17-12/h3-8H,1-2H3. The minimum absolute atomic E-state index is 0.388. The van der Waals surface area contributed by atoms with Crippen molar-refractivity contribution in [1.82, 2.24) is 0 Å². The molecular formula is C13H12O4. The summed E-state index contributed by atoms with van der Waals surface area (Å²) in [5, 5.41) is 0. The molecule has 17 heavy (non-hydrogen) atoms.